The highest BCUT2D eigenvalue weighted by molar-refractivity contribution is 7.15. The van der Waals surface area contributed by atoms with Gasteiger partial charge in [0.2, 0.25) is 0 Å². The molecule has 1 amide bonds. The van der Waals surface area contributed by atoms with Gasteiger partial charge >= 0.3 is 0 Å². The molecule has 0 saturated heterocycles. The van der Waals surface area contributed by atoms with Crippen LogP contribution in [0.5, 0.6) is 0 Å². The molecule has 0 unspecified atom stereocenters. The van der Waals surface area contributed by atoms with Crippen LogP contribution in [0.15, 0.2) is 66.4 Å². The number of nitrogens with one attached hydrogen (secondary N) is 1. The van der Waals surface area contributed by atoms with E-state index in [9.17, 15) is 4.79 Å². The van der Waals surface area contributed by atoms with E-state index in [1.54, 1.807) is 24.5 Å². The zero-order valence-corrected chi connectivity index (χ0v) is 12.8. The molecule has 23 heavy (non-hydrogen) atoms. The quantitative estimate of drug-likeness (QED) is 0.626. The molecule has 0 aliphatic rings. The maximum absolute atomic E-state index is 12.5. The summed E-state index contributed by atoms with van der Waals surface area (Å²) in [7, 11) is 0. The Morgan fingerprint density at radius 2 is 1.87 bits per heavy atom. The smallest absolute Gasteiger partial charge is 0.273 e. The molecular weight excluding hydrogens is 308 g/mol. The van der Waals surface area contributed by atoms with E-state index in [1.165, 1.54) is 11.3 Å². The van der Waals surface area contributed by atoms with Gasteiger partial charge in [0.1, 0.15) is 5.69 Å². The van der Waals surface area contributed by atoms with Crippen molar-refractivity contribution in [1.82, 2.24) is 14.4 Å². The van der Waals surface area contributed by atoms with Gasteiger partial charge in [-0.3, -0.25) is 14.2 Å². The van der Waals surface area contributed by atoms with Crippen molar-refractivity contribution in [2.24, 2.45) is 0 Å². The highest BCUT2D eigenvalue weighted by atomic mass is 32.1. The van der Waals surface area contributed by atoms with Gasteiger partial charge < -0.3 is 5.32 Å². The van der Waals surface area contributed by atoms with E-state index in [1.807, 2.05) is 46.3 Å². The molecule has 1 N–H and O–H groups in total. The molecule has 1 aromatic carbocycles. The van der Waals surface area contributed by atoms with Gasteiger partial charge in [-0.25, -0.2) is 4.98 Å². The maximum atomic E-state index is 12.5. The summed E-state index contributed by atoms with van der Waals surface area (Å²) in [5.41, 5.74) is 3.17. The summed E-state index contributed by atoms with van der Waals surface area (Å²) < 4.78 is 1.82. The minimum Gasteiger partial charge on any atom is -0.321 e. The number of imidazole rings is 1. The molecule has 0 fully saturated rings. The van der Waals surface area contributed by atoms with E-state index in [4.69, 9.17) is 0 Å². The van der Waals surface area contributed by atoms with Gasteiger partial charge in [0.15, 0.2) is 4.96 Å². The standard InChI is InChI=1S/C17H12N4OS/c22-16(19-13-6-8-18-9-7-13)15-11-23-17-20-14(10-21(15)17)12-4-2-1-3-5-12/h1-11H,(H,18,19,22). The monoisotopic (exact) mass is 320 g/mol. The summed E-state index contributed by atoms with van der Waals surface area (Å²) in [6.45, 7) is 0. The predicted octanol–water partition coefficient (Wildman–Crippen LogP) is 3.71. The second-order valence-corrected chi connectivity index (χ2v) is 5.79. The number of pyridine rings is 1. The molecule has 3 aromatic heterocycles. The Labute approximate surface area is 136 Å². The summed E-state index contributed by atoms with van der Waals surface area (Å²) in [4.78, 5) is 21.8. The van der Waals surface area contributed by atoms with Gasteiger partial charge in [-0.15, -0.1) is 11.3 Å². The Bertz CT molecular complexity index is 960. The van der Waals surface area contributed by atoms with Crippen molar-refractivity contribution in [3.8, 4) is 11.3 Å². The number of hydrogen-bond acceptors (Lipinski definition) is 4. The molecule has 0 radical (unpaired) electrons. The summed E-state index contributed by atoms with van der Waals surface area (Å²) in [6, 6.07) is 13.4. The third-order valence-corrected chi connectivity index (χ3v) is 4.29. The fraction of sp³-hybridized carbons (Fsp3) is 0. The van der Waals surface area contributed by atoms with Gasteiger partial charge in [-0.2, -0.15) is 0 Å². The van der Waals surface area contributed by atoms with Crippen LogP contribution in [0.25, 0.3) is 16.2 Å². The van der Waals surface area contributed by atoms with E-state index >= 15 is 0 Å². The number of benzene rings is 1. The number of thiazole rings is 1. The number of anilines is 1. The Balaban J connectivity index is 1.68. The first-order chi connectivity index (χ1) is 11.3. The third-order valence-electron chi connectivity index (χ3n) is 3.45. The first-order valence-electron chi connectivity index (χ1n) is 7.05. The van der Waals surface area contributed by atoms with Crippen LogP contribution < -0.4 is 5.32 Å². The van der Waals surface area contributed by atoms with Gasteiger partial charge in [0, 0.05) is 35.2 Å². The molecule has 0 aliphatic heterocycles. The van der Waals surface area contributed by atoms with Crippen LogP contribution in [0.2, 0.25) is 0 Å². The lowest BCUT2D eigenvalue weighted by atomic mass is 10.2. The number of nitrogens with zero attached hydrogens (tertiary/aromatic N) is 3. The number of hydrogen-bond donors (Lipinski definition) is 1. The first kappa shape index (κ1) is 13.7. The van der Waals surface area contributed by atoms with Crippen molar-refractivity contribution in [2.45, 2.75) is 0 Å². The van der Waals surface area contributed by atoms with Crippen molar-refractivity contribution >= 4 is 27.9 Å². The second kappa shape index (κ2) is 5.66. The highest BCUT2D eigenvalue weighted by Gasteiger charge is 2.15. The third kappa shape index (κ3) is 2.60. The van der Waals surface area contributed by atoms with E-state index in [0.717, 1.165) is 16.2 Å². The zero-order chi connectivity index (χ0) is 15.6. The molecule has 0 aliphatic carbocycles. The normalized spacial score (nSPS) is 10.8. The van der Waals surface area contributed by atoms with E-state index in [2.05, 4.69) is 15.3 Å². The highest BCUT2D eigenvalue weighted by Crippen LogP contribution is 2.24. The van der Waals surface area contributed by atoms with Crippen LogP contribution in [-0.2, 0) is 0 Å². The van der Waals surface area contributed by atoms with Crippen LogP contribution in [0, 0.1) is 0 Å². The Morgan fingerprint density at radius 1 is 1.09 bits per heavy atom. The molecule has 3 heterocycles. The van der Waals surface area contributed by atoms with Crippen LogP contribution in [0.1, 0.15) is 10.5 Å². The summed E-state index contributed by atoms with van der Waals surface area (Å²) in [5, 5.41) is 4.68. The summed E-state index contributed by atoms with van der Waals surface area (Å²) >= 11 is 1.45. The molecule has 4 rings (SSSR count). The summed E-state index contributed by atoms with van der Waals surface area (Å²) in [6.07, 6.45) is 5.18. The Morgan fingerprint density at radius 3 is 2.65 bits per heavy atom. The van der Waals surface area contributed by atoms with Crippen LogP contribution >= 0.6 is 11.3 Å². The van der Waals surface area contributed by atoms with Crippen LogP contribution in [-0.4, -0.2) is 20.3 Å². The van der Waals surface area contributed by atoms with Crippen LogP contribution in [0.4, 0.5) is 5.69 Å². The molecule has 0 saturated carbocycles. The number of rotatable bonds is 3. The lowest BCUT2D eigenvalue weighted by Crippen LogP contribution is -2.13. The number of fused-ring (bicyclic) bond motifs is 1. The average molecular weight is 320 g/mol. The molecule has 0 atom stereocenters. The van der Waals surface area contributed by atoms with Gasteiger partial charge in [-0.1, -0.05) is 30.3 Å². The largest absolute Gasteiger partial charge is 0.321 e. The van der Waals surface area contributed by atoms with Crippen LogP contribution in [0.3, 0.4) is 0 Å². The summed E-state index contributed by atoms with van der Waals surface area (Å²) in [5.74, 6) is -0.167. The van der Waals surface area contributed by atoms with E-state index < -0.39 is 0 Å². The lowest BCUT2D eigenvalue weighted by Gasteiger charge is -2.03. The van der Waals surface area contributed by atoms with Gasteiger partial charge in [-0.05, 0) is 12.1 Å². The van der Waals surface area contributed by atoms with E-state index in [0.29, 0.717) is 11.4 Å². The number of amides is 1. The first-order valence-corrected chi connectivity index (χ1v) is 7.92. The zero-order valence-electron chi connectivity index (χ0n) is 12.0. The van der Waals surface area contributed by atoms with Crippen molar-refractivity contribution < 1.29 is 4.79 Å². The maximum Gasteiger partial charge on any atom is 0.273 e. The number of carbonyl (C=O) groups excluding carboxylic acids is 1. The minimum absolute atomic E-state index is 0.167. The molecular formula is C17H12N4OS. The predicted molar refractivity (Wildman–Crippen MR) is 90.7 cm³/mol. The number of aromatic nitrogens is 3. The molecule has 4 aromatic rings. The van der Waals surface area contributed by atoms with Crippen molar-refractivity contribution in [3.05, 3.63) is 72.1 Å². The lowest BCUT2D eigenvalue weighted by molar-refractivity contribution is 0.102. The molecule has 112 valence electrons. The second-order valence-electron chi connectivity index (χ2n) is 4.96. The Kier molecular flexibility index (Phi) is 3.36. The van der Waals surface area contributed by atoms with E-state index in [-0.39, 0.29) is 5.91 Å². The van der Waals surface area contributed by atoms with Gasteiger partial charge in [0.05, 0.1) is 5.69 Å². The molecule has 0 bridgehead atoms. The minimum atomic E-state index is -0.167. The molecule has 6 heteroatoms. The van der Waals surface area contributed by atoms with Crippen molar-refractivity contribution in [3.63, 3.8) is 0 Å². The van der Waals surface area contributed by atoms with Crippen molar-refractivity contribution in [1.29, 1.82) is 0 Å². The SMILES string of the molecule is O=C(Nc1ccncc1)c1csc2nc(-c3ccccc3)cn12. The number of carbonyl (C=O) groups is 1. The topological polar surface area (TPSA) is 59.3 Å². The fourth-order valence-corrected chi connectivity index (χ4v) is 3.18. The Hall–Kier alpha value is -2.99. The molecule has 5 nitrogen and oxygen atoms in total. The molecule has 0 spiro atoms. The average Bonchev–Trinajstić information content (AvgIpc) is 3.17. The fourth-order valence-electron chi connectivity index (χ4n) is 2.33. The van der Waals surface area contributed by atoms with Gasteiger partial charge in [0.25, 0.3) is 5.91 Å². The van der Waals surface area contributed by atoms with Crippen molar-refractivity contribution in [2.75, 3.05) is 5.32 Å².